The van der Waals surface area contributed by atoms with Crippen LogP contribution >= 0.6 is 0 Å². The van der Waals surface area contributed by atoms with Crippen LogP contribution in [-0.2, 0) is 14.3 Å². The Labute approximate surface area is 227 Å². The van der Waals surface area contributed by atoms with Gasteiger partial charge in [0.2, 0.25) is 11.7 Å². The minimum Gasteiger partial charge on any atom is -0.464 e. The van der Waals surface area contributed by atoms with Crippen molar-refractivity contribution in [1.82, 2.24) is 19.9 Å². The van der Waals surface area contributed by atoms with Crippen molar-refractivity contribution in [3.63, 3.8) is 0 Å². The van der Waals surface area contributed by atoms with Gasteiger partial charge in [0.15, 0.2) is 11.4 Å². The standard InChI is InChI=1S/C26H24N6O8/c1-14(33)27-19-20(22-28-23(40-30-22)15-9-11-17(12-10-15)32(36)37)29-31(21(19)25(35)38-5)18-8-6-7-16(13-18)24(34)39-26(2,3)4/h6-13H,1-5H3,(H,27,33). The third-order valence-electron chi connectivity index (χ3n) is 5.25. The number of aromatic nitrogens is 4. The van der Waals surface area contributed by atoms with Gasteiger partial charge >= 0.3 is 11.9 Å². The molecule has 0 radical (unpaired) electrons. The average molecular weight is 549 g/mol. The van der Waals surface area contributed by atoms with Crippen LogP contribution in [0.5, 0.6) is 0 Å². The third-order valence-corrected chi connectivity index (χ3v) is 5.25. The minimum atomic E-state index is -0.843. The van der Waals surface area contributed by atoms with Crippen LogP contribution in [0.15, 0.2) is 53.1 Å². The number of ether oxygens (including phenoxy) is 2. The van der Waals surface area contributed by atoms with Crippen LogP contribution in [0.3, 0.4) is 0 Å². The van der Waals surface area contributed by atoms with Crippen LogP contribution in [0.25, 0.3) is 28.7 Å². The number of nitrogens with zero attached hydrogens (tertiary/aromatic N) is 5. The number of hydrogen-bond acceptors (Lipinski definition) is 11. The number of non-ortho nitro benzene ring substituents is 1. The van der Waals surface area contributed by atoms with Gasteiger partial charge in [-0.15, -0.1) is 0 Å². The fourth-order valence-corrected chi connectivity index (χ4v) is 3.61. The van der Waals surface area contributed by atoms with Crippen molar-refractivity contribution in [2.75, 3.05) is 12.4 Å². The number of carbonyl (C=O) groups is 3. The van der Waals surface area contributed by atoms with E-state index in [4.69, 9.17) is 14.0 Å². The zero-order valence-corrected chi connectivity index (χ0v) is 22.1. The topological polar surface area (TPSA) is 182 Å². The van der Waals surface area contributed by atoms with Crippen LogP contribution in [0, 0.1) is 10.1 Å². The number of anilines is 1. The van der Waals surface area contributed by atoms with E-state index in [1.807, 2.05) is 0 Å². The number of rotatable bonds is 7. The highest BCUT2D eigenvalue weighted by atomic mass is 16.6. The van der Waals surface area contributed by atoms with Gasteiger partial charge in [0.25, 0.3) is 11.6 Å². The van der Waals surface area contributed by atoms with E-state index in [1.54, 1.807) is 39.0 Å². The molecule has 0 atom stereocenters. The lowest BCUT2D eigenvalue weighted by Gasteiger charge is -2.19. The summed E-state index contributed by atoms with van der Waals surface area (Å²) in [6.07, 6.45) is 0. The highest BCUT2D eigenvalue weighted by Gasteiger charge is 2.30. The molecule has 0 fully saturated rings. The smallest absolute Gasteiger partial charge is 0.359 e. The summed E-state index contributed by atoms with van der Waals surface area (Å²) in [5.74, 6) is -2.03. The second-order valence-corrected chi connectivity index (χ2v) is 9.44. The highest BCUT2D eigenvalue weighted by Crippen LogP contribution is 2.33. The number of hydrogen-bond donors (Lipinski definition) is 1. The van der Waals surface area contributed by atoms with E-state index >= 15 is 0 Å². The SMILES string of the molecule is COC(=O)c1c(NC(C)=O)c(-c2noc(-c3ccc([N+](=O)[O-])cc3)n2)nn1-c1cccc(C(=O)OC(C)(C)C)c1. The van der Waals surface area contributed by atoms with Crippen LogP contribution in [0.2, 0.25) is 0 Å². The predicted molar refractivity (Wildman–Crippen MR) is 140 cm³/mol. The summed E-state index contributed by atoms with van der Waals surface area (Å²) in [6.45, 7) is 6.45. The Kier molecular flexibility index (Phi) is 7.43. The molecule has 0 saturated carbocycles. The molecule has 0 aliphatic carbocycles. The van der Waals surface area contributed by atoms with Crippen molar-refractivity contribution in [3.05, 3.63) is 69.9 Å². The lowest BCUT2D eigenvalue weighted by Crippen LogP contribution is -2.24. The summed E-state index contributed by atoms with van der Waals surface area (Å²) < 4.78 is 16.9. The second-order valence-electron chi connectivity index (χ2n) is 9.44. The lowest BCUT2D eigenvalue weighted by molar-refractivity contribution is -0.384. The van der Waals surface area contributed by atoms with Crippen LogP contribution < -0.4 is 5.32 Å². The molecule has 14 nitrogen and oxygen atoms in total. The molecule has 0 unspecified atom stereocenters. The van der Waals surface area contributed by atoms with E-state index in [2.05, 4.69) is 20.6 Å². The van der Waals surface area contributed by atoms with E-state index in [-0.39, 0.29) is 45.7 Å². The molecule has 1 amide bonds. The molecule has 2 aromatic heterocycles. The van der Waals surface area contributed by atoms with Crippen molar-refractivity contribution < 1.29 is 33.3 Å². The van der Waals surface area contributed by atoms with Crippen molar-refractivity contribution in [2.45, 2.75) is 33.3 Å². The number of carbonyl (C=O) groups excluding carboxylic acids is 3. The molecule has 0 bridgehead atoms. The monoisotopic (exact) mass is 548 g/mol. The lowest BCUT2D eigenvalue weighted by atomic mass is 10.1. The van der Waals surface area contributed by atoms with Crippen LogP contribution in [0.1, 0.15) is 48.5 Å². The van der Waals surface area contributed by atoms with Gasteiger partial charge in [-0.05, 0) is 51.1 Å². The first-order valence-corrected chi connectivity index (χ1v) is 11.8. The largest absolute Gasteiger partial charge is 0.464 e. The second kappa shape index (κ2) is 10.8. The van der Waals surface area contributed by atoms with Crippen molar-refractivity contribution in [1.29, 1.82) is 0 Å². The van der Waals surface area contributed by atoms with Crippen molar-refractivity contribution in [2.24, 2.45) is 0 Å². The molecular formula is C26H24N6O8. The average Bonchev–Trinajstić information content (AvgIpc) is 3.52. The number of methoxy groups -OCH3 is 1. The Morgan fingerprint density at radius 3 is 2.38 bits per heavy atom. The maximum atomic E-state index is 12.9. The van der Waals surface area contributed by atoms with E-state index in [0.29, 0.717) is 5.56 Å². The zero-order valence-electron chi connectivity index (χ0n) is 22.1. The molecule has 4 rings (SSSR count). The Bertz CT molecular complexity index is 1610. The summed E-state index contributed by atoms with van der Waals surface area (Å²) in [4.78, 5) is 52.5. The van der Waals surface area contributed by atoms with E-state index in [9.17, 15) is 24.5 Å². The van der Waals surface area contributed by atoms with Gasteiger partial charge in [-0.2, -0.15) is 10.1 Å². The number of benzene rings is 2. The predicted octanol–water partition coefficient (Wildman–Crippen LogP) is 4.20. The summed E-state index contributed by atoms with van der Waals surface area (Å²) in [5.41, 5.74) is -0.248. The highest BCUT2D eigenvalue weighted by molar-refractivity contribution is 6.04. The Hall–Kier alpha value is -5.40. The molecule has 0 spiro atoms. The molecule has 1 N–H and O–H groups in total. The fraction of sp³-hybridized carbons (Fsp3) is 0.231. The Morgan fingerprint density at radius 2 is 1.77 bits per heavy atom. The summed E-state index contributed by atoms with van der Waals surface area (Å²) in [5, 5.41) is 21.9. The summed E-state index contributed by atoms with van der Waals surface area (Å²) in [7, 11) is 1.16. The molecular weight excluding hydrogens is 524 g/mol. The van der Waals surface area contributed by atoms with Gasteiger partial charge in [0, 0.05) is 24.6 Å². The number of amides is 1. The normalized spacial score (nSPS) is 11.1. The van der Waals surface area contributed by atoms with Gasteiger partial charge in [-0.25, -0.2) is 14.3 Å². The van der Waals surface area contributed by atoms with Gasteiger partial charge in [0.05, 0.1) is 23.3 Å². The molecule has 206 valence electrons. The van der Waals surface area contributed by atoms with Gasteiger partial charge in [-0.1, -0.05) is 11.2 Å². The molecule has 2 heterocycles. The van der Waals surface area contributed by atoms with Gasteiger partial charge in [-0.3, -0.25) is 14.9 Å². The van der Waals surface area contributed by atoms with Crippen LogP contribution in [0.4, 0.5) is 11.4 Å². The first-order valence-electron chi connectivity index (χ1n) is 11.8. The summed E-state index contributed by atoms with van der Waals surface area (Å²) in [6, 6.07) is 11.6. The quantitative estimate of drug-likeness (QED) is 0.198. The van der Waals surface area contributed by atoms with Crippen molar-refractivity contribution in [3.8, 4) is 28.7 Å². The summed E-state index contributed by atoms with van der Waals surface area (Å²) >= 11 is 0. The minimum absolute atomic E-state index is 0.0137. The zero-order chi connectivity index (χ0) is 29.2. The third kappa shape index (κ3) is 5.85. The first-order chi connectivity index (χ1) is 18.9. The number of esters is 2. The Balaban J connectivity index is 1.85. The molecule has 14 heteroatoms. The van der Waals surface area contributed by atoms with E-state index < -0.39 is 28.4 Å². The van der Waals surface area contributed by atoms with Crippen molar-refractivity contribution >= 4 is 29.2 Å². The molecule has 0 aliphatic heterocycles. The number of nitro benzene ring substituents is 1. The maximum Gasteiger partial charge on any atom is 0.359 e. The molecule has 0 aliphatic rings. The fourth-order valence-electron chi connectivity index (χ4n) is 3.61. The molecule has 4 aromatic rings. The molecule has 0 saturated heterocycles. The van der Waals surface area contributed by atoms with Gasteiger partial charge in [0.1, 0.15) is 11.3 Å². The number of nitrogens with one attached hydrogen (secondary N) is 1. The van der Waals surface area contributed by atoms with Crippen LogP contribution in [-0.4, -0.2) is 55.4 Å². The molecule has 2 aromatic carbocycles. The van der Waals surface area contributed by atoms with Gasteiger partial charge < -0.3 is 19.3 Å². The first kappa shape index (κ1) is 27.6. The maximum absolute atomic E-state index is 12.9. The van der Waals surface area contributed by atoms with E-state index in [1.165, 1.54) is 41.9 Å². The number of nitro groups is 1. The van der Waals surface area contributed by atoms with E-state index in [0.717, 1.165) is 7.11 Å². The Morgan fingerprint density at radius 1 is 1.07 bits per heavy atom. The molecule has 40 heavy (non-hydrogen) atoms.